The summed E-state index contributed by atoms with van der Waals surface area (Å²) in [6.07, 6.45) is 1.97. The van der Waals surface area contributed by atoms with Crippen LogP contribution in [0.25, 0.3) is 0 Å². The number of nitrogens with two attached hydrogens (primary N) is 1. The summed E-state index contributed by atoms with van der Waals surface area (Å²) < 4.78 is 5.31. The summed E-state index contributed by atoms with van der Waals surface area (Å²) in [5, 5.41) is 7.51. The fraction of sp³-hybridized carbons (Fsp3) is 0.500. The van der Waals surface area contributed by atoms with Crippen LogP contribution in [0, 0.1) is 10.8 Å². The average molecular weight is 266 g/mol. The van der Waals surface area contributed by atoms with Crippen LogP contribution < -0.4 is 10.5 Å². The Morgan fingerprint density at radius 1 is 1.39 bits per heavy atom. The van der Waals surface area contributed by atoms with Crippen molar-refractivity contribution in [3.63, 3.8) is 0 Å². The number of hydrogen-bond donors (Lipinski definition) is 2. The molecule has 0 bridgehead atoms. The Labute approximate surface area is 114 Å². The summed E-state index contributed by atoms with van der Waals surface area (Å²) >= 11 is 1.79. The van der Waals surface area contributed by atoms with Crippen molar-refractivity contribution in [1.29, 1.82) is 5.41 Å². The van der Waals surface area contributed by atoms with Crippen LogP contribution in [0.5, 0.6) is 5.75 Å². The molecule has 0 aliphatic heterocycles. The standard InChI is InChI=1S/C14H22N2OS/c1-14(2,13(15)16)9-6-10-18-12-8-5-4-7-11(12)17-3/h4-5,7-8H,6,9-10H2,1-3H3,(H3,15,16). The molecule has 1 aromatic rings. The molecule has 0 aromatic heterocycles. The molecule has 0 aliphatic carbocycles. The Hall–Kier alpha value is -1.16. The molecular weight excluding hydrogens is 244 g/mol. The highest BCUT2D eigenvalue weighted by atomic mass is 32.2. The molecule has 4 heteroatoms. The molecular formula is C14H22N2OS. The molecule has 0 aliphatic rings. The third-order valence-corrected chi connectivity index (χ3v) is 4.14. The summed E-state index contributed by atoms with van der Waals surface area (Å²) in [7, 11) is 1.69. The van der Waals surface area contributed by atoms with E-state index in [1.807, 2.05) is 32.0 Å². The second-order valence-corrected chi connectivity index (χ2v) is 6.04. The summed E-state index contributed by atoms with van der Waals surface area (Å²) in [6, 6.07) is 8.04. The molecule has 18 heavy (non-hydrogen) atoms. The largest absolute Gasteiger partial charge is 0.496 e. The SMILES string of the molecule is COc1ccccc1SCCCC(C)(C)C(=N)N. The van der Waals surface area contributed by atoms with Crippen molar-refractivity contribution in [2.75, 3.05) is 12.9 Å². The number of benzene rings is 1. The fourth-order valence-corrected chi connectivity index (χ4v) is 2.55. The minimum atomic E-state index is -0.193. The summed E-state index contributed by atoms with van der Waals surface area (Å²) in [6.45, 7) is 4.03. The first-order valence-corrected chi connectivity index (χ1v) is 7.06. The molecule has 0 saturated heterocycles. The first kappa shape index (κ1) is 14.9. The van der Waals surface area contributed by atoms with Crippen molar-refractivity contribution in [2.45, 2.75) is 31.6 Å². The Balaban J connectivity index is 2.41. The third kappa shape index (κ3) is 4.26. The Kier molecular flexibility index (Phi) is 5.54. The predicted octanol–water partition coefficient (Wildman–Crippen LogP) is 3.53. The zero-order valence-corrected chi connectivity index (χ0v) is 12.1. The first-order chi connectivity index (χ1) is 8.47. The molecule has 0 unspecified atom stereocenters. The van der Waals surface area contributed by atoms with Gasteiger partial charge in [-0.1, -0.05) is 26.0 Å². The van der Waals surface area contributed by atoms with Gasteiger partial charge >= 0.3 is 0 Å². The van der Waals surface area contributed by atoms with E-state index in [0.29, 0.717) is 0 Å². The van der Waals surface area contributed by atoms with Gasteiger partial charge in [-0.3, -0.25) is 5.41 Å². The minimum absolute atomic E-state index is 0.193. The predicted molar refractivity (Wildman–Crippen MR) is 78.6 cm³/mol. The highest BCUT2D eigenvalue weighted by Gasteiger charge is 2.20. The molecule has 0 amide bonds. The van der Waals surface area contributed by atoms with Gasteiger partial charge in [-0.25, -0.2) is 0 Å². The average Bonchev–Trinajstić information content (AvgIpc) is 2.35. The van der Waals surface area contributed by atoms with Gasteiger partial charge in [-0.05, 0) is 30.7 Å². The molecule has 0 radical (unpaired) electrons. The normalized spacial score (nSPS) is 11.3. The summed E-state index contributed by atoms with van der Waals surface area (Å²) in [5.41, 5.74) is 5.37. The van der Waals surface area contributed by atoms with Crippen molar-refractivity contribution in [1.82, 2.24) is 0 Å². The van der Waals surface area contributed by atoms with Crippen LogP contribution in [0.15, 0.2) is 29.2 Å². The van der Waals surface area contributed by atoms with Crippen LogP contribution in [-0.2, 0) is 0 Å². The lowest BCUT2D eigenvalue weighted by molar-refractivity contribution is 0.405. The summed E-state index contributed by atoms with van der Waals surface area (Å²) in [5.74, 6) is 2.20. The van der Waals surface area contributed by atoms with Gasteiger partial charge in [0.05, 0.1) is 12.9 Å². The van der Waals surface area contributed by atoms with E-state index in [2.05, 4.69) is 6.07 Å². The van der Waals surface area contributed by atoms with E-state index < -0.39 is 0 Å². The Morgan fingerprint density at radius 3 is 2.67 bits per heavy atom. The minimum Gasteiger partial charge on any atom is -0.496 e. The monoisotopic (exact) mass is 266 g/mol. The fourth-order valence-electron chi connectivity index (χ4n) is 1.57. The molecule has 0 saturated carbocycles. The zero-order chi connectivity index (χ0) is 13.6. The number of rotatable bonds is 7. The van der Waals surface area contributed by atoms with E-state index in [1.165, 1.54) is 4.90 Å². The van der Waals surface area contributed by atoms with E-state index in [9.17, 15) is 0 Å². The number of para-hydroxylation sites is 1. The van der Waals surface area contributed by atoms with Crippen LogP contribution in [-0.4, -0.2) is 18.7 Å². The van der Waals surface area contributed by atoms with E-state index in [4.69, 9.17) is 15.9 Å². The lowest BCUT2D eigenvalue weighted by Gasteiger charge is -2.22. The molecule has 100 valence electrons. The van der Waals surface area contributed by atoms with E-state index >= 15 is 0 Å². The maximum Gasteiger partial charge on any atom is 0.132 e. The highest BCUT2D eigenvalue weighted by molar-refractivity contribution is 7.99. The van der Waals surface area contributed by atoms with Crippen LogP contribution >= 0.6 is 11.8 Å². The molecule has 0 fully saturated rings. The smallest absolute Gasteiger partial charge is 0.132 e. The van der Waals surface area contributed by atoms with Gasteiger partial charge in [0.2, 0.25) is 0 Å². The molecule has 0 atom stereocenters. The number of methoxy groups -OCH3 is 1. The van der Waals surface area contributed by atoms with Gasteiger partial charge in [-0.2, -0.15) is 0 Å². The lowest BCUT2D eigenvalue weighted by Crippen LogP contribution is -2.30. The second-order valence-electron chi connectivity index (χ2n) is 4.90. The van der Waals surface area contributed by atoms with Crippen LogP contribution in [0.1, 0.15) is 26.7 Å². The number of amidine groups is 1. The Bertz CT molecular complexity index is 405. The Morgan fingerprint density at radius 2 is 2.06 bits per heavy atom. The zero-order valence-electron chi connectivity index (χ0n) is 11.3. The topological polar surface area (TPSA) is 59.1 Å². The van der Waals surface area contributed by atoms with Gasteiger partial charge in [-0.15, -0.1) is 11.8 Å². The number of ether oxygens (including phenoxy) is 1. The summed E-state index contributed by atoms with van der Waals surface area (Å²) in [4.78, 5) is 1.17. The first-order valence-electron chi connectivity index (χ1n) is 6.07. The maximum atomic E-state index is 7.51. The molecule has 0 spiro atoms. The van der Waals surface area contributed by atoms with Crippen molar-refractivity contribution in [3.05, 3.63) is 24.3 Å². The highest BCUT2D eigenvalue weighted by Crippen LogP contribution is 2.31. The van der Waals surface area contributed by atoms with Crippen LogP contribution in [0.4, 0.5) is 0 Å². The van der Waals surface area contributed by atoms with Gasteiger partial charge in [0.25, 0.3) is 0 Å². The number of nitrogens with one attached hydrogen (secondary N) is 1. The van der Waals surface area contributed by atoms with Crippen molar-refractivity contribution in [2.24, 2.45) is 11.1 Å². The molecule has 3 N–H and O–H groups in total. The quantitative estimate of drug-likeness (QED) is 0.343. The molecule has 0 heterocycles. The van der Waals surface area contributed by atoms with E-state index in [1.54, 1.807) is 18.9 Å². The van der Waals surface area contributed by atoms with Gasteiger partial charge < -0.3 is 10.5 Å². The molecule has 1 aromatic carbocycles. The third-order valence-electron chi connectivity index (χ3n) is 3.00. The maximum absolute atomic E-state index is 7.51. The number of thioether (sulfide) groups is 1. The molecule has 1 rings (SSSR count). The van der Waals surface area contributed by atoms with Crippen LogP contribution in [0.3, 0.4) is 0 Å². The van der Waals surface area contributed by atoms with Crippen LogP contribution in [0.2, 0.25) is 0 Å². The van der Waals surface area contributed by atoms with Crippen molar-refractivity contribution < 1.29 is 4.74 Å². The van der Waals surface area contributed by atoms with Gasteiger partial charge in [0.15, 0.2) is 0 Å². The second kappa shape index (κ2) is 6.69. The van der Waals surface area contributed by atoms with Crippen molar-refractivity contribution in [3.8, 4) is 5.75 Å². The molecule has 3 nitrogen and oxygen atoms in total. The van der Waals surface area contributed by atoms with Gasteiger partial charge in [0, 0.05) is 10.3 Å². The lowest BCUT2D eigenvalue weighted by atomic mass is 9.87. The van der Waals surface area contributed by atoms with E-state index in [-0.39, 0.29) is 11.3 Å². The number of hydrogen-bond acceptors (Lipinski definition) is 3. The van der Waals surface area contributed by atoms with E-state index in [0.717, 1.165) is 24.3 Å². The van der Waals surface area contributed by atoms with Crippen molar-refractivity contribution >= 4 is 17.6 Å². The van der Waals surface area contributed by atoms with Gasteiger partial charge in [0.1, 0.15) is 5.75 Å².